The number of carbonyl (C=O) groups is 1. The molecule has 0 aliphatic carbocycles. The third kappa shape index (κ3) is 3.46. The Hall–Kier alpha value is -2.55. The monoisotopic (exact) mass is 370 g/mol. The highest BCUT2D eigenvalue weighted by Gasteiger charge is 2.14. The number of methoxy groups -OCH3 is 1. The summed E-state index contributed by atoms with van der Waals surface area (Å²) in [6.45, 7) is 2.35. The van der Waals surface area contributed by atoms with Gasteiger partial charge in [-0.2, -0.15) is 4.99 Å². The summed E-state index contributed by atoms with van der Waals surface area (Å²) in [5.74, 6) is 2.62. The van der Waals surface area contributed by atoms with Crippen LogP contribution >= 0.6 is 22.9 Å². The lowest BCUT2D eigenvalue weighted by Crippen LogP contribution is -2.16. The smallest absolute Gasteiger partial charge is 0.283 e. The quantitative estimate of drug-likeness (QED) is 0.653. The molecule has 0 unspecified atom stereocenters. The maximum absolute atomic E-state index is 12.7. The zero-order valence-electron chi connectivity index (χ0n) is 13.7. The van der Waals surface area contributed by atoms with Gasteiger partial charge in [0.2, 0.25) is 0 Å². The van der Waals surface area contributed by atoms with Crippen LogP contribution in [-0.2, 0) is 6.54 Å². The van der Waals surface area contributed by atoms with Gasteiger partial charge in [0.05, 0.1) is 29.4 Å². The summed E-state index contributed by atoms with van der Waals surface area (Å²) in [7, 11) is 1.50. The van der Waals surface area contributed by atoms with E-state index in [4.69, 9.17) is 22.8 Å². The third-order valence-corrected chi connectivity index (χ3v) is 4.95. The molecule has 126 valence electrons. The maximum atomic E-state index is 12.7. The van der Waals surface area contributed by atoms with Crippen LogP contribution in [0.15, 0.2) is 41.4 Å². The van der Waals surface area contributed by atoms with Crippen molar-refractivity contribution in [3.05, 3.63) is 57.3 Å². The number of rotatable bonds is 3. The van der Waals surface area contributed by atoms with Crippen molar-refractivity contribution in [2.45, 2.75) is 13.5 Å². The highest BCUT2D eigenvalue weighted by Crippen LogP contribution is 2.24. The van der Waals surface area contributed by atoms with Gasteiger partial charge in [-0.25, -0.2) is 0 Å². The van der Waals surface area contributed by atoms with E-state index >= 15 is 0 Å². The van der Waals surface area contributed by atoms with Gasteiger partial charge in [0.25, 0.3) is 5.91 Å². The second kappa shape index (κ2) is 7.14. The summed E-state index contributed by atoms with van der Waals surface area (Å²) < 4.78 is 8.12. The van der Waals surface area contributed by atoms with Gasteiger partial charge in [-0.15, -0.1) is 6.42 Å². The first-order valence-corrected chi connectivity index (χ1v) is 8.69. The molecule has 6 heteroatoms. The summed E-state index contributed by atoms with van der Waals surface area (Å²) in [4.78, 5) is 17.5. The van der Waals surface area contributed by atoms with Crippen molar-refractivity contribution in [3.63, 3.8) is 0 Å². The normalized spacial score (nSPS) is 11.5. The first kappa shape index (κ1) is 17.3. The van der Waals surface area contributed by atoms with Crippen LogP contribution in [0.4, 0.5) is 0 Å². The van der Waals surface area contributed by atoms with Crippen molar-refractivity contribution >= 4 is 39.1 Å². The fraction of sp³-hybridized carbons (Fsp3) is 0.158. The minimum atomic E-state index is -0.423. The zero-order valence-corrected chi connectivity index (χ0v) is 15.3. The van der Waals surface area contributed by atoms with Crippen LogP contribution < -0.4 is 9.54 Å². The number of thiazole rings is 1. The van der Waals surface area contributed by atoms with Crippen molar-refractivity contribution in [2.75, 3.05) is 7.11 Å². The molecular formula is C19H15ClN2O2S. The Morgan fingerprint density at radius 2 is 2.16 bits per heavy atom. The number of benzene rings is 2. The van der Waals surface area contributed by atoms with Crippen molar-refractivity contribution < 1.29 is 9.53 Å². The number of fused-ring (bicyclic) bond motifs is 1. The molecule has 0 saturated carbocycles. The van der Waals surface area contributed by atoms with E-state index in [1.54, 1.807) is 18.2 Å². The Bertz CT molecular complexity index is 1070. The molecule has 1 heterocycles. The minimum Gasteiger partial charge on any atom is -0.496 e. The van der Waals surface area contributed by atoms with Crippen molar-refractivity contribution in [1.29, 1.82) is 0 Å². The molecule has 3 aromatic rings. The molecule has 0 atom stereocenters. The number of carbonyl (C=O) groups excluding carboxylic acids is 1. The average molecular weight is 371 g/mol. The van der Waals surface area contributed by atoms with Crippen LogP contribution in [0, 0.1) is 19.3 Å². The van der Waals surface area contributed by atoms with Gasteiger partial charge >= 0.3 is 0 Å². The Kier molecular flexibility index (Phi) is 4.93. The summed E-state index contributed by atoms with van der Waals surface area (Å²) in [6, 6.07) is 10.9. The molecule has 0 fully saturated rings. The summed E-state index contributed by atoms with van der Waals surface area (Å²) >= 11 is 7.43. The van der Waals surface area contributed by atoms with Gasteiger partial charge < -0.3 is 9.30 Å². The number of terminal acetylenes is 1. The van der Waals surface area contributed by atoms with Crippen LogP contribution in [0.2, 0.25) is 5.02 Å². The molecule has 0 aliphatic heterocycles. The van der Waals surface area contributed by atoms with Crippen molar-refractivity contribution in [1.82, 2.24) is 4.57 Å². The fourth-order valence-corrected chi connectivity index (χ4v) is 3.80. The zero-order chi connectivity index (χ0) is 18.0. The number of nitrogens with zero attached hydrogens (tertiary/aromatic N) is 2. The Morgan fingerprint density at radius 3 is 2.88 bits per heavy atom. The predicted octanol–water partition coefficient (Wildman–Crippen LogP) is 4.05. The summed E-state index contributed by atoms with van der Waals surface area (Å²) in [6.07, 6.45) is 5.49. The van der Waals surface area contributed by atoms with Gasteiger partial charge in [-0.3, -0.25) is 4.79 Å². The first-order valence-electron chi connectivity index (χ1n) is 7.49. The lowest BCUT2D eigenvalue weighted by Gasteiger charge is -2.05. The molecule has 2 aromatic carbocycles. The van der Waals surface area contributed by atoms with Crippen LogP contribution in [0.1, 0.15) is 15.9 Å². The first-order chi connectivity index (χ1) is 12.0. The van der Waals surface area contributed by atoms with E-state index < -0.39 is 5.91 Å². The lowest BCUT2D eigenvalue weighted by atomic mass is 10.2. The number of ether oxygens (including phenoxy) is 1. The number of aryl methyl sites for hydroxylation is 1. The lowest BCUT2D eigenvalue weighted by molar-refractivity contribution is 0.0995. The summed E-state index contributed by atoms with van der Waals surface area (Å²) in [5.41, 5.74) is 2.41. The molecule has 0 bridgehead atoms. The third-order valence-electron chi connectivity index (χ3n) is 3.68. The van der Waals surface area contributed by atoms with Gasteiger partial charge in [-0.05, 0) is 42.8 Å². The van der Waals surface area contributed by atoms with Gasteiger partial charge in [0, 0.05) is 5.02 Å². The molecule has 1 aromatic heterocycles. The van der Waals surface area contributed by atoms with Crippen molar-refractivity contribution in [3.8, 4) is 18.1 Å². The van der Waals surface area contributed by atoms with Gasteiger partial charge in [-0.1, -0.05) is 34.9 Å². The average Bonchev–Trinajstić information content (AvgIpc) is 2.91. The number of halogens is 1. The fourth-order valence-electron chi connectivity index (χ4n) is 2.50. The number of aromatic nitrogens is 1. The molecule has 25 heavy (non-hydrogen) atoms. The van der Waals surface area contributed by atoms with E-state index in [9.17, 15) is 4.79 Å². The Labute approximate surface area is 154 Å². The maximum Gasteiger partial charge on any atom is 0.283 e. The second-order valence-corrected chi connectivity index (χ2v) is 6.85. The molecule has 0 spiro atoms. The number of hydrogen-bond donors (Lipinski definition) is 0. The van der Waals surface area contributed by atoms with E-state index in [2.05, 4.69) is 17.0 Å². The van der Waals surface area contributed by atoms with E-state index in [0.717, 1.165) is 15.8 Å². The standard InChI is InChI=1S/C19H15ClN2O2S/c1-4-9-22-15-7-5-12(2)10-17(15)25-19(22)21-18(23)14-11-13(20)6-8-16(14)24-3/h1,5-8,10-11H,9H2,2-3H3. The van der Waals surface area contributed by atoms with Crippen LogP contribution in [0.25, 0.3) is 10.2 Å². The van der Waals surface area contributed by atoms with E-state index in [1.807, 2.05) is 23.6 Å². The Balaban J connectivity index is 2.18. The Morgan fingerprint density at radius 1 is 1.36 bits per heavy atom. The van der Waals surface area contributed by atoms with E-state index in [-0.39, 0.29) is 0 Å². The molecule has 1 amide bonds. The largest absolute Gasteiger partial charge is 0.496 e. The number of hydrogen-bond acceptors (Lipinski definition) is 3. The van der Waals surface area contributed by atoms with Crippen LogP contribution in [0.5, 0.6) is 5.75 Å². The second-order valence-electron chi connectivity index (χ2n) is 5.41. The summed E-state index contributed by atoms with van der Waals surface area (Å²) in [5, 5.41) is 0.447. The molecule has 0 radical (unpaired) electrons. The predicted molar refractivity (Wildman–Crippen MR) is 101 cm³/mol. The van der Waals surface area contributed by atoms with Crippen LogP contribution in [-0.4, -0.2) is 17.6 Å². The van der Waals surface area contributed by atoms with Gasteiger partial charge in [0.15, 0.2) is 4.80 Å². The molecule has 0 aliphatic rings. The van der Waals surface area contributed by atoms with Gasteiger partial charge in [0.1, 0.15) is 5.75 Å². The molecule has 3 rings (SSSR count). The molecular weight excluding hydrogens is 356 g/mol. The highest BCUT2D eigenvalue weighted by molar-refractivity contribution is 7.16. The van der Waals surface area contributed by atoms with E-state index in [1.165, 1.54) is 18.4 Å². The SMILES string of the molecule is C#CCn1c(=NC(=O)c2cc(Cl)ccc2OC)sc2cc(C)ccc21. The highest BCUT2D eigenvalue weighted by atomic mass is 35.5. The van der Waals surface area contributed by atoms with Crippen molar-refractivity contribution in [2.24, 2.45) is 4.99 Å². The molecule has 0 saturated heterocycles. The molecule has 4 nitrogen and oxygen atoms in total. The molecule has 0 N–H and O–H groups in total. The topological polar surface area (TPSA) is 43.6 Å². The van der Waals surface area contributed by atoms with Crippen LogP contribution in [0.3, 0.4) is 0 Å². The minimum absolute atomic E-state index is 0.316. The van der Waals surface area contributed by atoms with E-state index in [0.29, 0.717) is 27.7 Å². The number of amides is 1.